The molecule has 3 nitrogen and oxygen atoms in total. The standard InChI is InChI=1S/C9H9N3S2/c10-8(13)3-9-12-7(5-14-9)6-1-2-11-4-6/h1-2,4-5,11H,3H2,(H2,10,13). The van der Waals surface area contributed by atoms with E-state index in [0.717, 1.165) is 16.3 Å². The molecule has 2 heterocycles. The zero-order valence-electron chi connectivity index (χ0n) is 7.36. The first-order chi connectivity index (χ1) is 6.75. The molecule has 14 heavy (non-hydrogen) atoms. The van der Waals surface area contributed by atoms with Crippen molar-refractivity contribution in [2.24, 2.45) is 5.73 Å². The Morgan fingerprint density at radius 3 is 3.14 bits per heavy atom. The molecule has 5 heteroatoms. The van der Waals surface area contributed by atoms with Crippen molar-refractivity contribution in [1.29, 1.82) is 0 Å². The summed E-state index contributed by atoms with van der Waals surface area (Å²) >= 11 is 6.41. The third kappa shape index (κ3) is 2.00. The molecule has 0 aliphatic carbocycles. The number of hydrogen-bond donors (Lipinski definition) is 2. The molecular formula is C9H9N3S2. The minimum atomic E-state index is 0.486. The lowest BCUT2D eigenvalue weighted by molar-refractivity contribution is 1.23. The lowest BCUT2D eigenvalue weighted by Crippen LogP contribution is -2.10. The molecule has 0 aromatic carbocycles. The van der Waals surface area contributed by atoms with Gasteiger partial charge in [0.25, 0.3) is 0 Å². The van der Waals surface area contributed by atoms with E-state index >= 15 is 0 Å². The van der Waals surface area contributed by atoms with Crippen LogP contribution in [-0.4, -0.2) is 15.0 Å². The van der Waals surface area contributed by atoms with Crippen LogP contribution in [0.25, 0.3) is 11.3 Å². The zero-order chi connectivity index (χ0) is 9.97. The van der Waals surface area contributed by atoms with Crippen molar-refractivity contribution >= 4 is 28.5 Å². The summed E-state index contributed by atoms with van der Waals surface area (Å²) in [6.45, 7) is 0. The largest absolute Gasteiger partial charge is 0.393 e. The van der Waals surface area contributed by atoms with E-state index in [1.807, 2.05) is 23.8 Å². The summed E-state index contributed by atoms with van der Waals surface area (Å²) in [5.41, 5.74) is 7.51. The maximum absolute atomic E-state index is 5.44. The third-order valence-corrected chi connectivity index (χ3v) is 2.76. The minimum Gasteiger partial charge on any atom is -0.393 e. The Labute approximate surface area is 91.0 Å². The quantitative estimate of drug-likeness (QED) is 0.782. The molecule has 0 bridgehead atoms. The monoisotopic (exact) mass is 223 g/mol. The van der Waals surface area contributed by atoms with Crippen LogP contribution in [0.1, 0.15) is 5.01 Å². The summed E-state index contributed by atoms with van der Waals surface area (Å²) in [5, 5.41) is 2.98. The molecule has 0 saturated carbocycles. The van der Waals surface area contributed by atoms with E-state index in [9.17, 15) is 0 Å². The average Bonchev–Trinajstić information content (AvgIpc) is 2.69. The summed E-state index contributed by atoms with van der Waals surface area (Å²) < 4.78 is 0. The van der Waals surface area contributed by atoms with Gasteiger partial charge in [0.05, 0.1) is 15.7 Å². The second-order valence-corrected chi connectivity index (χ2v) is 4.34. The lowest BCUT2D eigenvalue weighted by Gasteiger charge is -1.91. The number of aromatic amines is 1. The van der Waals surface area contributed by atoms with Gasteiger partial charge in [-0.05, 0) is 6.07 Å². The number of thiocarbonyl (C=S) groups is 1. The van der Waals surface area contributed by atoms with E-state index in [4.69, 9.17) is 18.0 Å². The van der Waals surface area contributed by atoms with Gasteiger partial charge in [0.2, 0.25) is 0 Å². The molecule has 3 N–H and O–H groups in total. The van der Waals surface area contributed by atoms with Gasteiger partial charge in [0.15, 0.2) is 0 Å². The van der Waals surface area contributed by atoms with Crippen LogP contribution in [-0.2, 0) is 6.42 Å². The van der Waals surface area contributed by atoms with Gasteiger partial charge < -0.3 is 10.7 Å². The fourth-order valence-electron chi connectivity index (χ4n) is 1.16. The minimum absolute atomic E-state index is 0.486. The third-order valence-electron chi connectivity index (χ3n) is 1.77. The van der Waals surface area contributed by atoms with Crippen molar-refractivity contribution in [2.45, 2.75) is 6.42 Å². The molecule has 72 valence electrons. The molecular weight excluding hydrogens is 214 g/mol. The summed E-state index contributed by atoms with van der Waals surface area (Å²) in [6.07, 6.45) is 4.38. The molecule has 0 saturated heterocycles. The van der Waals surface area contributed by atoms with Gasteiger partial charge in [-0.1, -0.05) is 12.2 Å². The lowest BCUT2D eigenvalue weighted by atomic mass is 10.3. The van der Waals surface area contributed by atoms with E-state index in [1.165, 1.54) is 0 Å². The number of rotatable bonds is 3. The van der Waals surface area contributed by atoms with Gasteiger partial charge in [-0.2, -0.15) is 0 Å². The molecule has 0 spiro atoms. The normalized spacial score (nSPS) is 10.3. The van der Waals surface area contributed by atoms with E-state index in [2.05, 4.69) is 9.97 Å². The van der Waals surface area contributed by atoms with Crippen LogP contribution in [0.3, 0.4) is 0 Å². The topological polar surface area (TPSA) is 54.7 Å². The number of nitrogens with one attached hydrogen (secondary N) is 1. The zero-order valence-corrected chi connectivity index (χ0v) is 8.99. The van der Waals surface area contributed by atoms with E-state index in [0.29, 0.717) is 11.4 Å². The summed E-state index contributed by atoms with van der Waals surface area (Å²) in [7, 11) is 0. The number of thiazole rings is 1. The highest BCUT2D eigenvalue weighted by atomic mass is 32.1. The molecule has 0 aliphatic heterocycles. The Kier molecular flexibility index (Phi) is 2.60. The van der Waals surface area contributed by atoms with Crippen molar-refractivity contribution in [1.82, 2.24) is 9.97 Å². The average molecular weight is 223 g/mol. The molecule has 0 aliphatic rings. The highest BCUT2D eigenvalue weighted by Crippen LogP contribution is 2.21. The van der Waals surface area contributed by atoms with Gasteiger partial charge in [-0.25, -0.2) is 4.98 Å². The van der Waals surface area contributed by atoms with Gasteiger partial charge in [0, 0.05) is 29.8 Å². The fourth-order valence-corrected chi connectivity index (χ4v) is 2.21. The summed E-state index contributed by atoms with van der Waals surface area (Å²) in [4.78, 5) is 7.90. The van der Waals surface area contributed by atoms with Crippen LogP contribution in [0, 0.1) is 0 Å². The van der Waals surface area contributed by atoms with E-state index < -0.39 is 0 Å². The van der Waals surface area contributed by atoms with Crippen molar-refractivity contribution in [2.75, 3.05) is 0 Å². The first-order valence-corrected chi connectivity index (χ1v) is 5.40. The predicted octanol–water partition coefficient (Wildman–Crippen LogP) is 1.97. The Balaban J connectivity index is 2.22. The summed E-state index contributed by atoms with van der Waals surface area (Å²) in [5.74, 6) is 0. The molecule has 0 unspecified atom stereocenters. The Bertz CT molecular complexity index is 431. The number of H-pyrrole nitrogens is 1. The first-order valence-electron chi connectivity index (χ1n) is 4.11. The maximum atomic E-state index is 5.44. The van der Waals surface area contributed by atoms with Crippen LogP contribution in [0.4, 0.5) is 0 Å². The van der Waals surface area contributed by atoms with Crippen molar-refractivity contribution in [3.63, 3.8) is 0 Å². The van der Waals surface area contributed by atoms with Gasteiger partial charge in [0.1, 0.15) is 0 Å². The smallest absolute Gasteiger partial charge is 0.1000 e. The van der Waals surface area contributed by atoms with E-state index in [1.54, 1.807) is 11.3 Å². The highest BCUT2D eigenvalue weighted by Gasteiger charge is 2.05. The molecule has 0 atom stereocenters. The number of aromatic nitrogens is 2. The van der Waals surface area contributed by atoms with Crippen molar-refractivity contribution in [3.8, 4) is 11.3 Å². The van der Waals surface area contributed by atoms with Gasteiger partial charge in [-0.3, -0.25) is 0 Å². The first kappa shape index (κ1) is 9.36. The second kappa shape index (κ2) is 3.89. The van der Waals surface area contributed by atoms with Crippen LogP contribution < -0.4 is 5.73 Å². The number of nitrogens with two attached hydrogens (primary N) is 1. The molecule has 2 aromatic rings. The van der Waals surface area contributed by atoms with Crippen LogP contribution in [0.15, 0.2) is 23.8 Å². The van der Waals surface area contributed by atoms with Crippen molar-refractivity contribution < 1.29 is 0 Å². The van der Waals surface area contributed by atoms with E-state index in [-0.39, 0.29) is 0 Å². The van der Waals surface area contributed by atoms with Crippen molar-refractivity contribution in [3.05, 3.63) is 28.8 Å². The van der Waals surface area contributed by atoms with Crippen LogP contribution in [0.2, 0.25) is 0 Å². The Morgan fingerprint density at radius 1 is 1.64 bits per heavy atom. The fraction of sp³-hybridized carbons (Fsp3) is 0.111. The number of hydrogen-bond acceptors (Lipinski definition) is 3. The summed E-state index contributed by atoms with van der Waals surface area (Å²) in [6, 6.07) is 1.99. The predicted molar refractivity (Wildman–Crippen MR) is 62.4 cm³/mol. The Morgan fingerprint density at radius 2 is 2.50 bits per heavy atom. The Hall–Kier alpha value is -1.20. The van der Waals surface area contributed by atoms with Gasteiger partial charge >= 0.3 is 0 Å². The number of nitrogens with zero attached hydrogens (tertiary/aromatic N) is 1. The second-order valence-electron chi connectivity index (χ2n) is 2.87. The maximum Gasteiger partial charge on any atom is 0.1000 e. The molecule has 2 rings (SSSR count). The van der Waals surface area contributed by atoms with Crippen LogP contribution in [0.5, 0.6) is 0 Å². The molecule has 0 radical (unpaired) electrons. The van der Waals surface area contributed by atoms with Gasteiger partial charge in [-0.15, -0.1) is 11.3 Å². The SMILES string of the molecule is NC(=S)Cc1nc(-c2cc[nH]c2)cs1. The molecule has 0 amide bonds. The molecule has 0 fully saturated rings. The van der Waals surface area contributed by atoms with Crippen LogP contribution >= 0.6 is 23.6 Å². The highest BCUT2D eigenvalue weighted by molar-refractivity contribution is 7.80. The molecule has 2 aromatic heterocycles.